The molecule has 6 nitrogen and oxygen atoms in total. The van der Waals surface area contributed by atoms with Gasteiger partial charge in [0, 0.05) is 24.0 Å². The molecule has 0 spiro atoms. The van der Waals surface area contributed by atoms with Gasteiger partial charge < -0.3 is 9.98 Å². The van der Waals surface area contributed by atoms with Crippen molar-refractivity contribution in [1.29, 1.82) is 5.41 Å². The van der Waals surface area contributed by atoms with Crippen LogP contribution in [0.3, 0.4) is 0 Å². The number of aromatic nitrogens is 4. The molecule has 1 aliphatic rings. The summed E-state index contributed by atoms with van der Waals surface area (Å²) in [5.74, 6) is 0.751. The lowest BCUT2D eigenvalue weighted by Crippen LogP contribution is -2.22. The number of benzene rings is 1. The van der Waals surface area contributed by atoms with Crippen LogP contribution in [0.25, 0.3) is 27.8 Å². The molecule has 5 rings (SSSR count). The van der Waals surface area contributed by atoms with Crippen molar-refractivity contribution < 1.29 is 0 Å². The summed E-state index contributed by atoms with van der Waals surface area (Å²) in [5, 5.41) is 8.26. The molecule has 1 aliphatic carbocycles. The Balaban J connectivity index is 1.63. The van der Waals surface area contributed by atoms with E-state index in [0.29, 0.717) is 35.1 Å². The fourth-order valence-corrected chi connectivity index (χ4v) is 4.07. The highest BCUT2D eigenvalue weighted by Gasteiger charge is 2.36. The molecule has 0 radical (unpaired) electrons. The smallest absolute Gasteiger partial charge is 0.282 e. The zero-order chi connectivity index (χ0) is 20.0. The molecule has 1 saturated carbocycles. The number of aryl methyl sites for hydroxylation is 1. The van der Waals surface area contributed by atoms with E-state index in [-0.39, 0.29) is 5.56 Å². The van der Waals surface area contributed by atoms with Gasteiger partial charge in [-0.3, -0.25) is 9.36 Å². The zero-order valence-corrected chi connectivity index (χ0v) is 16.0. The van der Waals surface area contributed by atoms with E-state index < -0.39 is 0 Å². The van der Waals surface area contributed by atoms with Gasteiger partial charge in [-0.2, -0.15) is 0 Å². The van der Waals surface area contributed by atoms with Crippen LogP contribution in [0.1, 0.15) is 12.8 Å². The Hall–Kier alpha value is -3.54. The summed E-state index contributed by atoms with van der Waals surface area (Å²) in [7, 11) is 0. The van der Waals surface area contributed by atoms with E-state index in [0.717, 1.165) is 29.5 Å². The monoisotopic (exact) mass is 383 g/mol. The Morgan fingerprint density at radius 3 is 2.79 bits per heavy atom. The molecule has 1 aromatic carbocycles. The van der Waals surface area contributed by atoms with Gasteiger partial charge in [-0.05, 0) is 49.2 Å². The maximum Gasteiger partial charge on any atom is 0.282 e. The topological polar surface area (TPSA) is 76.6 Å². The van der Waals surface area contributed by atoms with Gasteiger partial charge in [-0.25, -0.2) is 9.97 Å². The van der Waals surface area contributed by atoms with Gasteiger partial charge in [0.1, 0.15) is 16.7 Å². The average Bonchev–Trinajstić information content (AvgIpc) is 3.43. The third-order valence-corrected chi connectivity index (χ3v) is 5.76. The molecule has 0 saturated heterocycles. The molecule has 29 heavy (non-hydrogen) atoms. The van der Waals surface area contributed by atoms with Crippen molar-refractivity contribution in [3.05, 3.63) is 77.5 Å². The number of fused-ring (bicyclic) bond motifs is 3. The normalized spacial score (nSPS) is 18.2. The van der Waals surface area contributed by atoms with Crippen molar-refractivity contribution in [2.24, 2.45) is 11.8 Å². The van der Waals surface area contributed by atoms with Gasteiger partial charge in [0.2, 0.25) is 0 Å². The molecule has 0 amide bonds. The first kappa shape index (κ1) is 17.6. The van der Waals surface area contributed by atoms with Gasteiger partial charge in [0.15, 0.2) is 0 Å². The van der Waals surface area contributed by atoms with Crippen molar-refractivity contribution in [3.8, 4) is 5.69 Å². The summed E-state index contributed by atoms with van der Waals surface area (Å²) in [6, 6.07) is 13.4. The molecule has 2 unspecified atom stereocenters. The summed E-state index contributed by atoms with van der Waals surface area (Å²) in [6.45, 7) is 4.85. The van der Waals surface area contributed by atoms with Crippen molar-refractivity contribution in [1.82, 2.24) is 19.1 Å². The van der Waals surface area contributed by atoms with Crippen molar-refractivity contribution in [2.75, 3.05) is 0 Å². The number of imidazole rings is 1. The second kappa shape index (κ2) is 6.81. The van der Waals surface area contributed by atoms with E-state index in [1.54, 1.807) is 17.1 Å². The standard InChI is InChI=1S/C23H21N5O/c1-15(19-12-16(19)13-24)9-11-27-14-26-20-18-8-5-10-25-22(18)28(23(29)21(20)27)17-6-3-2-4-7-17/h2-8,10,13-14,16,19,24H,1,9,11-12H2. The molecule has 2 atom stereocenters. The summed E-state index contributed by atoms with van der Waals surface area (Å²) < 4.78 is 3.59. The third-order valence-electron chi connectivity index (χ3n) is 5.76. The molecular weight excluding hydrogens is 362 g/mol. The van der Waals surface area contributed by atoms with E-state index in [2.05, 4.69) is 16.5 Å². The van der Waals surface area contributed by atoms with E-state index in [1.165, 1.54) is 6.21 Å². The highest BCUT2D eigenvalue weighted by Crippen LogP contribution is 2.43. The number of hydrogen-bond donors (Lipinski definition) is 1. The molecule has 1 N–H and O–H groups in total. The van der Waals surface area contributed by atoms with Crippen LogP contribution in [0, 0.1) is 17.2 Å². The Kier molecular flexibility index (Phi) is 4.12. The lowest BCUT2D eigenvalue weighted by atomic mass is 10.1. The van der Waals surface area contributed by atoms with E-state index in [1.807, 2.05) is 47.0 Å². The minimum atomic E-state index is -0.121. The molecular formula is C23H21N5O. The van der Waals surface area contributed by atoms with Crippen LogP contribution in [-0.4, -0.2) is 25.3 Å². The summed E-state index contributed by atoms with van der Waals surface area (Å²) in [5.41, 5.74) is 3.68. The first-order chi connectivity index (χ1) is 14.2. The van der Waals surface area contributed by atoms with Gasteiger partial charge in [-0.15, -0.1) is 0 Å². The summed E-state index contributed by atoms with van der Waals surface area (Å²) in [4.78, 5) is 22.6. The van der Waals surface area contributed by atoms with Crippen molar-refractivity contribution in [2.45, 2.75) is 19.4 Å². The lowest BCUT2D eigenvalue weighted by Gasteiger charge is -2.12. The van der Waals surface area contributed by atoms with Crippen LogP contribution in [0.15, 0.2) is 71.9 Å². The molecule has 3 heterocycles. The predicted molar refractivity (Wildman–Crippen MR) is 115 cm³/mol. The van der Waals surface area contributed by atoms with Gasteiger partial charge in [0.25, 0.3) is 5.56 Å². The Morgan fingerprint density at radius 2 is 2.03 bits per heavy atom. The highest BCUT2D eigenvalue weighted by atomic mass is 16.1. The number of nitrogens with zero attached hydrogens (tertiary/aromatic N) is 4. The third kappa shape index (κ3) is 2.88. The maximum atomic E-state index is 13.5. The second-order valence-corrected chi connectivity index (χ2v) is 7.57. The number of para-hydroxylation sites is 1. The van der Waals surface area contributed by atoms with Crippen LogP contribution < -0.4 is 5.56 Å². The zero-order valence-electron chi connectivity index (χ0n) is 16.0. The fourth-order valence-electron chi connectivity index (χ4n) is 4.07. The lowest BCUT2D eigenvalue weighted by molar-refractivity contribution is 0.681. The van der Waals surface area contributed by atoms with Gasteiger partial charge in [-0.1, -0.05) is 30.4 Å². The quantitative estimate of drug-likeness (QED) is 0.404. The molecule has 144 valence electrons. The van der Waals surface area contributed by atoms with Gasteiger partial charge in [0.05, 0.1) is 12.0 Å². The fraction of sp³-hybridized carbons (Fsp3) is 0.217. The van der Waals surface area contributed by atoms with E-state index in [9.17, 15) is 4.79 Å². The number of allylic oxidation sites excluding steroid dienone is 1. The van der Waals surface area contributed by atoms with Crippen LogP contribution in [-0.2, 0) is 6.54 Å². The Bertz CT molecular complexity index is 1300. The van der Waals surface area contributed by atoms with Crippen LogP contribution in [0.5, 0.6) is 0 Å². The van der Waals surface area contributed by atoms with E-state index in [4.69, 9.17) is 5.41 Å². The molecule has 0 bridgehead atoms. The van der Waals surface area contributed by atoms with Crippen LogP contribution >= 0.6 is 0 Å². The van der Waals surface area contributed by atoms with Crippen LogP contribution in [0.2, 0.25) is 0 Å². The number of nitrogens with one attached hydrogen (secondary N) is 1. The minimum absolute atomic E-state index is 0.121. The number of hydrogen-bond acceptors (Lipinski definition) is 4. The molecule has 6 heteroatoms. The Morgan fingerprint density at radius 1 is 1.21 bits per heavy atom. The van der Waals surface area contributed by atoms with E-state index >= 15 is 0 Å². The predicted octanol–water partition coefficient (Wildman–Crippen LogP) is 3.97. The minimum Gasteiger partial charge on any atom is -0.326 e. The summed E-state index contributed by atoms with van der Waals surface area (Å²) in [6.07, 6.45) is 6.74. The second-order valence-electron chi connectivity index (χ2n) is 7.57. The molecule has 1 fully saturated rings. The van der Waals surface area contributed by atoms with Crippen molar-refractivity contribution >= 4 is 28.3 Å². The largest absolute Gasteiger partial charge is 0.326 e. The van der Waals surface area contributed by atoms with Crippen LogP contribution in [0.4, 0.5) is 0 Å². The first-order valence-corrected chi connectivity index (χ1v) is 9.77. The molecule has 0 aliphatic heterocycles. The number of rotatable bonds is 6. The molecule has 4 aromatic rings. The van der Waals surface area contributed by atoms with Gasteiger partial charge >= 0.3 is 0 Å². The molecule has 3 aromatic heterocycles. The Labute approximate surface area is 167 Å². The van der Waals surface area contributed by atoms with Crippen molar-refractivity contribution in [3.63, 3.8) is 0 Å². The first-order valence-electron chi connectivity index (χ1n) is 9.77. The summed E-state index contributed by atoms with van der Waals surface area (Å²) >= 11 is 0. The maximum absolute atomic E-state index is 13.5. The highest BCUT2D eigenvalue weighted by molar-refractivity contribution is 6.01. The average molecular weight is 383 g/mol. The SMILES string of the molecule is C=C(CCn1cnc2c3cccnc3n(-c3ccccc3)c(=O)c21)C1CC1C=N. The number of pyridine rings is 2.